The second-order valence-corrected chi connectivity index (χ2v) is 9.05. The second kappa shape index (κ2) is 12.2. The van der Waals surface area contributed by atoms with Gasteiger partial charge in [0.15, 0.2) is 6.61 Å². The zero-order chi connectivity index (χ0) is 25.4. The molecule has 2 amide bonds. The third-order valence-corrected chi connectivity index (χ3v) is 5.81. The van der Waals surface area contributed by atoms with Crippen molar-refractivity contribution in [3.05, 3.63) is 101 Å². The molecule has 3 aromatic rings. The molecule has 0 radical (unpaired) electrons. The quantitative estimate of drug-likeness (QED) is 0.449. The number of halogens is 1. The van der Waals surface area contributed by atoms with Gasteiger partial charge in [-0.3, -0.25) is 9.59 Å². The fourth-order valence-corrected chi connectivity index (χ4v) is 3.75. The van der Waals surface area contributed by atoms with Gasteiger partial charge in [-0.2, -0.15) is 0 Å². The lowest BCUT2D eigenvalue weighted by molar-refractivity contribution is -0.143. The summed E-state index contributed by atoms with van der Waals surface area (Å²) in [5.41, 5.74) is 3.86. The van der Waals surface area contributed by atoms with E-state index in [9.17, 15) is 14.0 Å². The summed E-state index contributed by atoms with van der Waals surface area (Å²) in [6, 6.07) is 20.3. The van der Waals surface area contributed by atoms with Gasteiger partial charge in [0.2, 0.25) is 5.91 Å². The summed E-state index contributed by atoms with van der Waals surface area (Å²) in [5, 5.41) is 2.95. The van der Waals surface area contributed by atoms with Gasteiger partial charge in [-0.1, -0.05) is 48.5 Å². The van der Waals surface area contributed by atoms with Crippen LogP contribution in [0.2, 0.25) is 0 Å². The summed E-state index contributed by atoms with van der Waals surface area (Å²) >= 11 is 0. The van der Waals surface area contributed by atoms with Gasteiger partial charge >= 0.3 is 0 Å². The van der Waals surface area contributed by atoms with Crippen molar-refractivity contribution < 1.29 is 18.7 Å². The number of nitrogens with zero attached hydrogens (tertiary/aromatic N) is 1. The molecule has 1 N–H and O–H groups in total. The summed E-state index contributed by atoms with van der Waals surface area (Å²) in [7, 11) is 0. The molecule has 0 aliphatic rings. The Balaban J connectivity index is 1.90. The van der Waals surface area contributed by atoms with Gasteiger partial charge in [0.1, 0.15) is 17.6 Å². The van der Waals surface area contributed by atoms with Crippen LogP contribution in [0.5, 0.6) is 5.75 Å². The Kier molecular flexibility index (Phi) is 9.01. The first-order chi connectivity index (χ1) is 16.7. The van der Waals surface area contributed by atoms with Crippen LogP contribution in [0.1, 0.15) is 36.1 Å². The van der Waals surface area contributed by atoms with E-state index in [1.54, 1.807) is 12.1 Å². The molecule has 0 heterocycles. The Hall–Kier alpha value is -3.67. The van der Waals surface area contributed by atoms with Crippen molar-refractivity contribution in [2.75, 3.05) is 6.61 Å². The van der Waals surface area contributed by atoms with Gasteiger partial charge in [-0.05, 0) is 74.2 Å². The molecule has 0 spiro atoms. The molecule has 0 bridgehead atoms. The minimum atomic E-state index is -0.763. The molecule has 1 atom stereocenters. The highest BCUT2D eigenvalue weighted by molar-refractivity contribution is 5.88. The van der Waals surface area contributed by atoms with E-state index in [-0.39, 0.29) is 36.8 Å². The lowest BCUT2D eigenvalue weighted by Gasteiger charge is -2.32. The molecule has 3 rings (SSSR count). The first-order valence-corrected chi connectivity index (χ1v) is 11.8. The summed E-state index contributed by atoms with van der Waals surface area (Å²) in [6.45, 7) is 7.69. The van der Waals surface area contributed by atoms with Crippen LogP contribution in [0.15, 0.2) is 72.8 Å². The molecule has 5 nitrogen and oxygen atoms in total. The molecule has 0 aliphatic carbocycles. The van der Waals surface area contributed by atoms with Gasteiger partial charge in [0, 0.05) is 19.0 Å². The molecular weight excluding hydrogens is 443 g/mol. The van der Waals surface area contributed by atoms with E-state index in [0.717, 1.165) is 22.3 Å². The van der Waals surface area contributed by atoms with Gasteiger partial charge in [-0.25, -0.2) is 4.39 Å². The number of rotatable bonds is 10. The van der Waals surface area contributed by atoms with Crippen LogP contribution in [0, 0.1) is 19.7 Å². The maximum Gasteiger partial charge on any atom is 0.261 e. The molecule has 0 saturated carbocycles. The Labute approximate surface area is 206 Å². The molecule has 184 valence electrons. The molecule has 35 heavy (non-hydrogen) atoms. The molecular formula is C29H33FN2O3. The number of carbonyl (C=O) groups is 2. The van der Waals surface area contributed by atoms with Crippen LogP contribution in [0.25, 0.3) is 0 Å². The lowest BCUT2D eigenvalue weighted by Crippen LogP contribution is -2.52. The van der Waals surface area contributed by atoms with Gasteiger partial charge < -0.3 is 15.0 Å². The summed E-state index contributed by atoms with van der Waals surface area (Å²) in [5.74, 6) is -0.338. The third kappa shape index (κ3) is 7.67. The Morgan fingerprint density at radius 2 is 1.60 bits per heavy atom. The van der Waals surface area contributed by atoms with Gasteiger partial charge in [-0.15, -0.1) is 0 Å². The zero-order valence-electron chi connectivity index (χ0n) is 20.8. The number of hydrogen-bond donors (Lipinski definition) is 1. The van der Waals surface area contributed by atoms with Crippen LogP contribution in [0.3, 0.4) is 0 Å². The number of hydrogen-bond acceptors (Lipinski definition) is 3. The van der Waals surface area contributed by atoms with Crippen molar-refractivity contribution in [3.8, 4) is 5.75 Å². The van der Waals surface area contributed by atoms with E-state index >= 15 is 0 Å². The van der Waals surface area contributed by atoms with Crippen molar-refractivity contribution in [2.45, 2.75) is 52.7 Å². The molecule has 0 aliphatic heterocycles. The van der Waals surface area contributed by atoms with Crippen molar-refractivity contribution in [1.29, 1.82) is 0 Å². The number of benzene rings is 3. The van der Waals surface area contributed by atoms with E-state index < -0.39 is 6.04 Å². The van der Waals surface area contributed by atoms with Crippen LogP contribution in [-0.4, -0.2) is 35.4 Å². The minimum absolute atomic E-state index is 0.0877. The van der Waals surface area contributed by atoms with Gasteiger partial charge in [0.05, 0.1) is 0 Å². The first-order valence-electron chi connectivity index (χ1n) is 11.8. The standard InChI is InChI=1S/C29H33FN2O3/c1-20(2)31-29(34)27(17-23-8-6-5-7-9-23)32(18-24-11-13-25(30)14-12-24)28(33)19-35-26-15-10-21(3)22(4)16-26/h5-16,20,27H,17-19H2,1-4H3,(H,31,34)/t27-/m0/s1. The summed E-state index contributed by atoms with van der Waals surface area (Å²) in [4.78, 5) is 28.3. The van der Waals surface area contributed by atoms with E-state index in [1.165, 1.54) is 17.0 Å². The predicted molar refractivity (Wildman–Crippen MR) is 136 cm³/mol. The molecule has 6 heteroatoms. The highest BCUT2D eigenvalue weighted by Gasteiger charge is 2.31. The SMILES string of the molecule is Cc1ccc(OCC(=O)N(Cc2ccc(F)cc2)[C@@H](Cc2ccccc2)C(=O)NC(C)C)cc1C. The molecule has 0 unspecified atom stereocenters. The maximum absolute atomic E-state index is 13.5. The Morgan fingerprint density at radius 1 is 0.914 bits per heavy atom. The molecule has 0 fully saturated rings. The number of ether oxygens (including phenoxy) is 1. The predicted octanol–water partition coefficient (Wildman–Crippen LogP) is 4.99. The molecule has 0 saturated heterocycles. The fourth-order valence-electron chi connectivity index (χ4n) is 3.75. The smallest absolute Gasteiger partial charge is 0.261 e. The van der Waals surface area contributed by atoms with Crippen LogP contribution in [0.4, 0.5) is 4.39 Å². The number of amides is 2. The topological polar surface area (TPSA) is 58.6 Å². The lowest BCUT2D eigenvalue weighted by atomic mass is 10.0. The number of nitrogens with one attached hydrogen (secondary N) is 1. The number of aryl methyl sites for hydroxylation is 2. The average molecular weight is 477 g/mol. The number of carbonyl (C=O) groups excluding carboxylic acids is 2. The Morgan fingerprint density at radius 3 is 2.23 bits per heavy atom. The first kappa shape index (κ1) is 25.9. The third-order valence-electron chi connectivity index (χ3n) is 5.81. The van der Waals surface area contributed by atoms with E-state index in [2.05, 4.69) is 5.32 Å². The van der Waals surface area contributed by atoms with E-state index in [1.807, 2.05) is 76.2 Å². The average Bonchev–Trinajstić information content (AvgIpc) is 2.83. The fraction of sp³-hybridized carbons (Fsp3) is 0.310. The highest BCUT2D eigenvalue weighted by Crippen LogP contribution is 2.19. The van der Waals surface area contributed by atoms with Crippen molar-refractivity contribution >= 4 is 11.8 Å². The second-order valence-electron chi connectivity index (χ2n) is 9.05. The van der Waals surface area contributed by atoms with Crippen LogP contribution < -0.4 is 10.1 Å². The zero-order valence-corrected chi connectivity index (χ0v) is 20.8. The van der Waals surface area contributed by atoms with Gasteiger partial charge in [0.25, 0.3) is 5.91 Å². The summed E-state index contributed by atoms with van der Waals surface area (Å²) in [6.07, 6.45) is 0.343. The van der Waals surface area contributed by atoms with Crippen LogP contribution in [-0.2, 0) is 22.6 Å². The van der Waals surface area contributed by atoms with E-state index in [0.29, 0.717) is 12.2 Å². The Bertz CT molecular complexity index is 1130. The largest absolute Gasteiger partial charge is 0.484 e. The van der Waals surface area contributed by atoms with Crippen molar-refractivity contribution in [3.63, 3.8) is 0 Å². The summed E-state index contributed by atoms with van der Waals surface area (Å²) < 4.78 is 19.3. The van der Waals surface area contributed by atoms with Crippen molar-refractivity contribution in [2.24, 2.45) is 0 Å². The minimum Gasteiger partial charge on any atom is -0.484 e. The normalized spacial score (nSPS) is 11.7. The van der Waals surface area contributed by atoms with E-state index in [4.69, 9.17) is 4.74 Å². The monoisotopic (exact) mass is 476 g/mol. The maximum atomic E-state index is 13.5. The van der Waals surface area contributed by atoms with Crippen LogP contribution >= 0.6 is 0 Å². The highest BCUT2D eigenvalue weighted by atomic mass is 19.1. The molecule has 0 aromatic heterocycles. The molecule has 3 aromatic carbocycles. The van der Waals surface area contributed by atoms with Crippen molar-refractivity contribution in [1.82, 2.24) is 10.2 Å².